The molecule has 0 radical (unpaired) electrons. The van der Waals surface area contributed by atoms with Crippen molar-refractivity contribution < 1.29 is 18.3 Å². The van der Waals surface area contributed by atoms with Gasteiger partial charge in [0.05, 0.1) is 4.90 Å². The lowest BCUT2D eigenvalue weighted by Gasteiger charge is -2.12. The molecule has 0 aliphatic heterocycles. The number of aromatic nitrogens is 2. The molecule has 1 aromatic heterocycles. The van der Waals surface area contributed by atoms with E-state index >= 15 is 0 Å². The highest BCUT2D eigenvalue weighted by molar-refractivity contribution is 7.92. The lowest BCUT2D eigenvalue weighted by atomic mass is 10.1. The van der Waals surface area contributed by atoms with E-state index in [4.69, 9.17) is 5.11 Å². The molecule has 0 aliphatic rings. The molecule has 0 amide bonds. The molecular weight excluding hydrogens is 294 g/mol. The number of carbonyl (C=O) groups is 1. The van der Waals surface area contributed by atoms with Crippen LogP contribution in [0.1, 0.15) is 27.2 Å². The Bertz CT molecular complexity index is 786. The highest BCUT2D eigenvalue weighted by Crippen LogP contribution is 2.23. The van der Waals surface area contributed by atoms with Gasteiger partial charge >= 0.3 is 5.97 Å². The van der Waals surface area contributed by atoms with Crippen molar-refractivity contribution in [3.8, 4) is 0 Å². The minimum atomic E-state index is -3.83. The summed E-state index contributed by atoms with van der Waals surface area (Å²) in [6, 6.07) is 4.67. The Balaban J connectivity index is 2.41. The maximum atomic E-state index is 12.4. The Labute approximate surface area is 122 Å². The number of H-pyrrole nitrogens is 1. The molecule has 2 rings (SSSR count). The van der Waals surface area contributed by atoms with Gasteiger partial charge in [-0.15, -0.1) is 0 Å². The molecule has 0 atom stereocenters. The first-order valence-corrected chi connectivity index (χ1v) is 7.58. The first-order valence-electron chi connectivity index (χ1n) is 6.10. The number of aromatic carboxylic acids is 1. The van der Waals surface area contributed by atoms with Gasteiger partial charge in [0.1, 0.15) is 5.69 Å². The number of benzene rings is 1. The molecule has 0 saturated heterocycles. The van der Waals surface area contributed by atoms with Crippen molar-refractivity contribution >= 4 is 21.8 Å². The largest absolute Gasteiger partial charge is 0.477 e. The highest BCUT2D eigenvalue weighted by Gasteiger charge is 2.21. The SMILES string of the molecule is Cc1cc(C)c(S(=O)(=O)Nc2cc(C(=O)O)[nH]n2)c(C)c1. The maximum Gasteiger partial charge on any atom is 0.353 e. The van der Waals surface area contributed by atoms with E-state index < -0.39 is 16.0 Å². The average Bonchev–Trinajstić information content (AvgIpc) is 2.74. The van der Waals surface area contributed by atoms with Crippen LogP contribution in [0.15, 0.2) is 23.1 Å². The van der Waals surface area contributed by atoms with E-state index in [0.29, 0.717) is 11.1 Å². The van der Waals surface area contributed by atoms with Gasteiger partial charge in [-0.2, -0.15) is 5.10 Å². The molecule has 21 heavy (non-hydrogen) atoms. The average molecular weight is 309 g/mol. The van der Waals surface area contributed by atoms with Crippen LogP contribution >= 0.6 is 0 Å². The Morgan fingerprint density at radius 1 is 1.19 bits per heavy atom. The number of sulfonamides is 1. The van der Waals surface area contributed by atoms with E-state index in [9.17, 15) is 13.2 Å². The van der Waals surface area contributed by atoms with Crippen LogP contribution in [0.3, 0.4) is 0 Å². The van der Waals surface area contributed by atoms with Gasteiger partial charge in [-0.3, -0.25) is 9.82 Å². The fourth-order valence-electron chi connectivity index (χ4n) is 2.26. The van der Waals surface area contributed by atoms with Crippen molar-refractivity contribution in [3.63, 3.8) is 0 Å². The summed E-state index contributed by atoms with van der Waals surface area (Å²) in [7, 11) is -3.83. The van der Waals surface area contributed by atoms with Crippen molar-refractivity contribution in [1.82, 2.24) is 10.2 Å². The minimum Gasteiger partial charge on any atom is -0.477 e. The van der Waals surface area contributed by atoms with Crippen molar-refractivity contribution in [3.05, 3.63) is 40.6 Å². The predicted octanol–water partition coefficient (Wildman–Crippen LogP) is 1.83. The van der Waals surface area contributed by atoms with Crippen molar-refractivity contribution in [2.24, 2.45) is 0 Å². The van der Waals surface area contributed by atoms with Crippen LogP contribution in [0.5, 0.6) is 0 Å². The zero-order valence-electron chi connectivity index (χ0n) is 11.8. The predicted molar refractivity (Wildman–Crippen MR) is 77.0 cm³/mol. The fraction of sp³-hybridized carbons (Fsp3) is 0.231. The van der Waals surface area contributed by atoms with Crippen LogP contribution < -0.4 is 4.72 Å². The molecular formula is C13H15N3O4S. The zero-order chi connectivity index (χ0) is 15.8. The summed E-state index contributed by atoms with van der Waals surface area (Å²) >= 11 is 0. The van der Waals surface area contributed by atoms with Crippen LogP contribution in [-0.4, -0.2) is 29.7 Å². The molecule has 0 saturated carbocycles. The monoisotopic (exact) mass is 309 g/mol. The van der Waals surface area contributed by atoms with E-state index in [1.165, 1.54) is 0 Å². The number of anilines is 1. The second kappa shape index (κ2) is 5.21. The van der Waals surface area contributed by atoms with Gasteiger partial charge in [-0.25, -0.2) is 13.2 Å². The number of hydrogen-bond acceptors (Lipinski definition) is 4. The molecule has 0 spiro atoms. The Morgan fingerprint density at radius 3 is 2.24 bits per heavy atom. The Kier molecular flexibility index (Phi) is 3.73. The number of carboxylic acids is 1. The number of rotatable bonds is 4. The summed E-state index contributed by atoms with van der Waals surface area (Å²) in [5.74, 6) is -1.28. The molecule has 2 aromatic rings. The molecule has 7 nitrogen and oxygen atoms in total. The number of nitrogens with one attached hydrogen (secondary N) is 2. The number of carboxylic acid groups (broad SMARTS) is 1. The number of aryl methyl sites for hydroxylation is 3. The summed E-state index contributed by atoms with van der Waals surface area (Å²) in [5, 5.41) is 14.7. The number of aromatic amines is 1. The van der Waals surface area contributed by atoms with Gasteiger partial charge in [-0.05, 0) is 31.9 Å². The summed E-state index contributed by atoms with van der Waals surface area (Å²) in [5.41, 5.74) is 2.02. The van der Waals surface area contributed by atoms with Crippen molar-refractivity contribution in [2.75, 3.05) is 4.72 Å². The summed E-state index contributed by atoms with van der Waals surface area (Å²) in [4.78, 5) is 10.9. The van der Waals surface area contributed by atoms with Crippen LogP contribution in [0.2, 0.25) is 0 Å². The summed E-state index contributed by atoms with van der Waals surface area (Å²) in [6.45, 7) is 5.31. The zero-order valence-corrected chi connectivity index (χ0v) is 12.6. The minimum absolute atomic E-state index is 0.0632. The number of nitrogens with zero attached hydrogens (tertiary/aromatic N) is 1. The second-order valence-corrected chi connectivity index (χ2v) is 6.42. The first kappa shape index (κ1) is 15.0. The molecule has 112 valence electrons. The van der Waals surface area contributed by atoms with Gasteiger partial charge in [0.25, 0.3) is 10.0 Å². The highest BCUT2D eigenvalue weighted by atomic mass is 32.2. The Morgan fingerprint density at radius 2 is 1.76 bits per heavy atom. The normalized spacial score (nSPS) is 11.4. The van der Waals surface area contributed by atoms with Crippen molar-refractivity contribution in [2.45, 2.75) is 25.7 Å². The van der Waals surface area contributed by atoms with Gasteiger partial charge in [0.2, 0.25) is 0 Å². The van der Waals surface area contributed by atoms with E-state index in [2.05, 4.69) is 14.9 Å². The number of hydrogen-bond donors (Lipinski definition) is 3. The molecule has 0 bridgehead atoms. The molecule has 1 heterocycles. The van der Waals surface area contributed by atoms with Crippen LogP contribution in [0.4, 0.5) is 5.82 Å². The van der Waals surface area contributed by atoms with E-state index in [1.54, 1.807) is 26.0 Å². The van der Waals surface area contributed by atoms with Gasteiger partial charge in [0.15, 0.2) is 5.82 Å². The van der Waals surface area contributed by atoms with E-state index in [0.717, 1.165) is 11.6 Å². The second-order valence-electron chi connectivity index (χ2n) is 4.81. The van der Waals surface area contributed by atoms with Crippen LogP contribution in [-0.2, 0) is 10.0 Å². The molecule has 3 N–H and O–H groups in total. The molecule has 8 heteroatoms. The third-order valence-electron chi connectivity index (χ3n) is 2.92. The smallest absolute Gasteiger partial charge is 0.353 e. The van der Waals surface area contributed by atoms with Crippen molar-refractivity contribution in [1.29, 1.82) is 0 Å². The topological polar surface area (TPSA) is 112 Å². The van der Waals surface area contributed by atoms with Gasteiger partial charge in [0, 0.05) is 6.07 Å². The maximum absolute atomic E-state index is 12.4. The lowest BCUT2D eigenvalue weighted by molar-refractivity contribution is 0.0690. The standard InChI is InChI=1S/C13H15N3O4S/c1-7-4-8(2)12(9(3)5-7)21(19,20)16-11-6-10(13(17)18)14-15-11/h4-6H,1-3H3,(H,17,18)(H2,14,15,16). The quantitative estimate of drug-likeness (QED) is 0.797. The lowest BCUT2D eigenvalue weighted by Crippen LogP contribution is -2.16. The fourth-order valence-corrected chi connectivity index (χ4v) is 3.71. The molecule has 0 unspecified atom stereocenters. The first-order chi connectivity index (χ1) is 9.70. The van der Waals surface area contributed by atoms with E-state index in [-0.39, 0.29) is 16.4 Å². The van der Waals surface area contributed by atoms with Crippen LogP contribution in [0, 0.1) is 20.8 Å². The van der Waals surface area contributed by atoms with Gasteiger partial charge < -0.3 is 5.11 Å². The van der Waals surface area contributed by atoms with Gasteiger partial charge in [-0.1, -0.05) is 17.7 Å². The summed E-state index contributed by atoms with van der Waals surface area (Å²) in [6.07, 6.45) is 0. The van der Waals surface area contributed by atoms with E-state index in [1.807, 2.05) is 6.92 Å². The van der Waals surface area contributed by atoms with Crippen LogP contribution in [0.25, 0.3) is 0 Å². The molecule has 0 aliphatic carbocycles. The molecule has 0 fully saturated rings. The third kappa shape index (κ3) is 3.05. The molecule has 1 aromatic carbocycles. The summed E-state index contributed by atoms with van der Waals surface area (Å²) < 4.78 is 27.1. The Hall–Kier alpha value is -2.35. The third-order valence-corrected chi connectivity index (χ3v) is 4.58.